The number of ether oxygens (including phenoxy) is 1. The largest absolute Gasteiger partial charge is 0.378 e. The van der Waals surface area contributed by atoms with Crippen LogP contribution in [0.2, 0.25) is 0 Å². The van der Waals surface area contributed by atoms with E-state index >= 15 is 0 Å². The third-order valence-electron chi connectivity index (χ3n) is 4.55. The lowest BCUT2D eigenvalue weighted by molar-refractivity contribution is -0.132. The number of halogens is 2. The third kappa shape index (κ3) is 4.19. The Balaban J connectivity index is 1.48. The first kappa shape index (κ1) is 16.2. The van der Waals surface area contributed by atoms with Crippen LogP contribution in [0.5, 0.6) is 0 Å². The molecule has 0 aromatic heterocycles. The molecule has 2 saturated heterocycles. The minimum absolute atomic E-state index is 0.144. The monoisotopic (exact) mass is 324 g/mol. The van der Waals surface area contributed by atoms with Gasteiger partial charge in [0.05, 0.1) is 6.10 Å². The molecule has 0 spiro atoms. The number of amides is 1. The van der Waals surface area contributed by atoms with E-state index < -0.39 is 11.6 Å². The lowest BCUT2D eigenvalue weighted by atomic mass is 10.1. The number of anilines is 1. The molecule has 2 aliphatic heterocycles. The molecule has 1 aromatic carbocycles. The Morgan fingerprint density at radius 1 is 1.13 bits per heavy atom. The van der Waals surface area contributed by atoms with Gasteiger partial charge >= 0.3 is 0 Å². The molecule has 1 amide bonds. The molecule has 0 saturated carbocycles. The minimum atomic E-state index is -0.574. The summed E-state index contributed by atoms with van der Waals surface area (Å²) in [5.74, 6) is -1.00. The fourth-order valence-corrected chi connectivity index (χ4v) is 3.25. The molecule has 2 aliphatic rings. The SMILES string of the molecule is O=C(CCC1CCCO1)N1CCN(c2cc(F)cc(F)c2)CC1. The molecule has 126 valence electrons. The van der Waals surface area contributed by atoms with Crippen LogP contribution in [0, 0.1) is 11.6 Å². The molecule has 1 aromatic rings. The van der Waals surface area contributed by atoms with Gasteiger partial charge < -0.3 is 14.5 Å². The van der Waals surface area contributed by atoms with Gasteiger partial charge in [-0.05, 0) is 31.4 Å². The first-order chi connectivity index (χ1) is 11.1. The van der Waals surface area contributed by atoms with E-state index in [0.29, 0.717) is 38.3 Å². The summed E-state index contributed by atoms with van der Waals surface area (Å²) >= 11 is 0. The molecular weight excluding hydrogens is 302 g/mol. The number of hydrogen-bond donors (Lipinski definition) is 0. The van der Waals surface area contributed by atoms with Crippen LogP contribution in [0.15, 0.2) is 18.2 Å². The lowest BCUT2D eigenvalue weighted by Gasteiger charge is -2.36. The molecule has 2 heterocycles. The van der Waals surface area contributed by atoms with Crippen LogP contribution in [0.3, 0.4) is 0 Å². The molecule has 0 aliphatic carbocycles. The zero-order valence-corrected chi connectivity index (χ0v) is 13.1. The Kier molecular flexibility index (Phi) is 5.10. The molecule has 23 heavy (non-hydrogen) atoms. The maximum atomic E-state index is 13.3. The quantitative estimate of drug-likeness (QED) is 0.853. The van der Waals surface area contributed by atoms with Crippen molar-refractivity contribution in [1.29, 1.82) is 0 Å². The van der Waals surface area contributed by atoms with Crippen LogP contribution >= 0.6 is 0 Å². The van der Waals surface area contributed by atoms with Crippen molar-refractivity contribution in [3.8, 4) is 0 Å². The highest BCUT2D eigenvalue weighted by atomic mass is 19.1. The average Bonchev–Trinajstić information content (AvgIpc) is 3.05. The summed E-state index contributed by atoms with van der Waals surface area (Å²) < 4.78 is 32.1. The smallest absolute Gasteiger partial charge is 0.222 e. The second-order valence-corrected chi connectivity index (χ2v) is 6.17. The van der Waals surface area contributed by atoms with E-state index in [9.17, 15) is 13.6 Å². The van der Waals surface area contributed by atoms with Gasteiger partial charge in [0.25, 0.3) is 0 Å². The van der Waals surface area contributed by atoms with Crippen molar-refractivity contribution in [2.24, 2.45) is 0 Å². The Morgan fingerprint density at radius 2 is 1.83 bits per heavy atom. The molecule has 0 N–H and O–H groups in total. The van der Waals surface area contributed by atoms with Gasteiger partial charge in [-0.3, -0.25) is 4.79 Å². The Labute approximate surface area is 135 Å². The van der Waals surface area contributed by atoms with Crippen molar-refractivity contribution >= 4 is 11.6 Å². The number of carbonyl (C=O) groups is 1. The topological polar surface area (TPSA) is 32.8 Å². The van der Waals surface area contributed by atoms with Gasteiger partial charge in [0.15, 0.2) is 0 Å². The van der Waals surface area contributed by atoms with Crippen molar-refractivity contribution in [1.82, 2.24) is 4.90 Å². The van der Waals surface area contributed by atoms with E-state index in [-0.39, 0.29) is 12.0 Å². The fraction of sp³-hybridized carbons (Fsp3) is 0.588. The van der Waals surface area contributed by atoms with Crippen molar-refractivity contribution in [2.75, 3.05) is 37.7 Å². The average molecular weight is 324 g/mol. The molecule has 4 nitrogen and oxygen atoms in total. The summed E-state index contributed by atoms with van der Waals surface area (Å²) in [4.78, 5) is 16.0. The van der Waals surface area contributed by atoms with Gasteiger partial charge in [-0.25, -0.2) is 8.78 Å². The van der Waals surface area contributed by atoms with Crippen molar-refractivity contribution in [3.63, 3.8) is 0 Å². The second-order valence-electron chi connectivity index (χ2n) is 6.17. The van der Waals surface area contributed by atoms with Gasteiger partial charge in [-0.1, -0.05) is 0 Å². The zero-order valence-electron chi connectivity index (χ0n) is 13.1. The number of hydrogen-bond acceptors (Lipinski definition) is 3. The van der Waals surface area contributed by atoms with Gasteiger partial charge in [0.1, 0.15) is 11.6 Å². The molecular formula is C17H22F2N2O2. The third-order valence-corrected chi connectivity index (χ3v) is 4.55. The number of benzene rings is 1. The summed E-state index contributed by atoms with van der Waals surface area (Å²) in [5, 5.41) is 0. The Morgan fingerprint density at radius 3 is 2.43 bits per heavy atom. The van der Waals surface area contributed by atoms with Crippen LogP contribution in [-0.2, 0) is 9.53 Å². The van der Waals surface area contributed by atoms with Gasteiger partial charge in [0.2, 0.25) is 5.91 Å². The summed E-state index contributed by atoms with van der Waals surface area (Å²) in [6.07, 6.45) is 3.66. The Hall–Kier alpha value is -1.69. The fourth-order valence-electron chi connectivity index (χ4n) is 3.25. The van der Waals surface area contributed by atoms with Crippen molar-refractivity contribution in [2.45, 2.75) is 31.8 Å². The van der Waals surface area contributed by atoms with Gasteiger partial charge in [-0.15, -0.1) is 0 Å². The van der Waals surface area contributed by atoms with Crippen LogP contribution in [-0.4, -0.2) is 49.7 Å². The number of piperazine rings is 1. The summed E-state index contributed by atoms with van der Waals surface area (Å²) in [5.41, 5.74) is 0.536. The highest BCUT2D eigenvalue weighted by Crippen LogP contribution is 2.21. The zero-order chi connectivity index (χ0) is 16.2. The summed E-state index contributed by atoms with van der Waals surface area (Å²) in [6, 6.07) is 3.53. The molecule has 0 bridgehead atoms. The van der Waals surface area contributed by atoms with E-state index in [4.69, 9.17) is 4.74 Å². The van der Waals surface area contributed by atoms with Crippen LogP contribution in [0.25, 0.3) is 0 Å². The normalized spacial score (nSPS) is 21.7. The minimum Gasteiger partial charge on any atom is -0.378 e. The molecule has 6 heteroatoms. The Bertz CT molecular complexity index is 533. The van der Waals surface area contributed by atoms with E-state index in [1.165, 1.54) is 12.1 Å². The number of rotatable bonds is 4. The lowest BCUT2D eigenvalue weighted by Crippen LogP contribution is -2.48. The molecule has 2 fully saturated rings. The van der Waals surface area contributed by atoms with Crippen molar-refractivity contribution < 1.29 is 18.3 Å². The predicted octanol–water partition coefficient (Wildman–Crippen LogP) is 2.57. The van der Waals surface area contributed by atoms with E-state index in [0.717, 1.165) is 31.9 Å². The standard InChI is InChI=1S/C17H22F2N2O2/c18-13-10-14(19)12-15(11-13)20-5-7-21(8-6-20)17(22)4-3-16-2-1-9-23-16/h10-12,16H,1-9H2. The predicted molar refractivity (Wildman–Crippen MR) is 83.4 cm³/mol. The molecule has 1 unspecified atom stereocenters. The second kappa shape index (κ2) is 7.25. The maximum Gasteiger partial charge on any atom is 0.222 e. The van der Waals surface area contributed by atoms with E-state index in [1.807, 2.05) is 9.80 Å². The highest BCUT2D eigenvalue weighted by molar-refractivity contribution is 5.76. The van der Waals surface area contributed by atoms with Gasteiger partial charge in [0, 0.05) is 51.0 Å². The van der Waals surface area contributed by atoms with Crippen LogP contribution < -0.4 is 4.90 Å². The summed E-state index contributed by atoms with van der Waals surface area (Å²) in [6.45, 7) is 3.16. The first-order valence-electron chi connectivity index (χ1n) is 8.22. The van der Waals surface area contributed by atoms with E-state index in [2.05, 4.69) is 0 Å². The first-order valence-corrected chi connectivity index (χ1v) is 8.22. The van der Waals surface area contributed by atoms with Crippen LogP contribution in [0.1, 0.15) is 25.7 Å². The molecule has 1 atom stereocenters. The number of carbonyl (C=O) groups excluding carboxylic acids is 1. The summed E-state index contributed by atoms with van der Waals surface area (Å²) in [7, 11) is 0. The maximum absolute atomic E-state index is 13.3. The molecule has 0 radical (unpaired) electrons. The van der Waals surface area contributed by atoms with Gasteiger partial charge in [-0.2, -0.15) is 0 Å². The molecule has 3 rings (SSSR count). The van der Waals surface area contributed by atoms with Crippen molar-refractivity contribution in [3.05, 3.63) is 29.8 Å². The van der Waals surface area contributed by atoms with Crippen LogP contribution in [0.4, 0.5) is 14.5 Å². The number of nitrogens with zero attached hydrogens (tertiary/aromatic N) is 2. The highest BCUT2D eigenvalue weighted by Gasteiger charge is 2.23. The van der Waals surface area contributed by atoms with E-state index in [1.54, 1.807) is 0 Å².